The number of H-pyrrole nitrogens is 1. The summed E-state index contributed by atoms with van der Waals surface area (Å²) in [6.07, 6.45) is 1.89. The molecular formula is C20H25N3O5. The number of rotatable bonds is 8. The highest BCUT2D eigenvalue weighted by molar-refractivity contribution is 6.03. The number of hydrogen-bond acceptors (Lipinski definition) is 6. The van der Waals surface area contributed by atoms with Crippen molar-refractivity contribution in [3.63, 3.8) is 0 Å². The Bertz CT molecular complexity index is 971. The first-order chi connectivity index (χ1) is 13.4. The van der Waals surface area contributed by atoms with Gasteiger partial charge in [-0.1, -0.05) is 20.3 Å². The number of carbonyl (C=O) groups is 1. The van der Waals surface area contributed by atoms with E-state index in [1.165, 1.54) is 0 Å². The first kappa shape index (κ1) is 21.1. The first-order valence-corrected chi connectivity index (χ1v) is 9.34. The molecule has 0 saturated carbocycles. The van der Waals surface area contributed by atoms with Crippen LogP contribution in [0.15, 0.2) is 38.8 Å². The van der Waals surface area contributed by atoms with Crippen LogP contribution >= 0.6 is 0 Å². The van der Waals surface area contributed by atoms with E-state index in [1.807, 2.05) is 6.92 Å². The Hall–Kier alpha value is -3.16. The molecule has 2 rings (SSSR count). The van der Waals surface area contributed by atoms with Crippen LogP contribution in [0.3, 0.4) is 0 Å². The van der Waals surface area contributed by atoms with E-state index in [4.69, 9.17) is 4.74 Å². The Balaban J connectivity index is 2.46. The minimum absolute atomic E-state index is 0.0207. The molecule has 1 aromatic heterocycles. The lowest BCUT2D eigenvalue weighted by molar-refractivity contribution is 0.0526. The third kappa shape index (κ3) is 4.76. The molecule has 0 aliphatic heterocycles. The fourth-order valence-electron chi connectivity index (χ4n) is 2.70. The topological polar surface area (TPSA) is 114 Å². The van der Waals surface area contributed by atoms with Crippen molar-refractivity contribution in [1.29, 1.82) is 0 Å². The molecule has 150 valence electrons. The Kier molecular flexibility index (Phi) is 7.31. The third-order valence-corrected chi connectivity index (χ3v) is 4.17. The standard InChI is InChI=1S/C20H25N3O5/c1-4-7-12-23-18(25)16(17(24)22-20(23)27)15(5-2)21-14-10-8-13(9-11-14)19(26)28-6-3/h8-11,25H,4-7,12H2,1-3H3,(H,22,24,27). The van der Waals surface area contributed by atoms with Gasteiger partial charge in [0.1, 0.15) is 5.56 Å². The summed E-state index contributed by atoms with van der Waals surface area (Å²) >= 11 is 0. The molecule has 0 saturated heterocycles. The molecule has 2 N–H and O–H groups in total. The molecule has 28 heavy (non-hydrogen) atoms. The summed E-state index contributed by atoms with van der Waals surface area (Å²) in [5, 5.41) is 10.5. The number of carbonyl (C=O) groups excluding carboxylic acids is 1. The number of aromatic nitrogens is 2. The van der Waals surface area contributed by atoms with Gasteiger partial charge >= 0.3 is 11.7 Å². The number of nitrogens with zero attached hydrogens (tertiary/aromatic N) is 2. The largest absolute Gasteiger partial charge is 0.494 e. The van der Waals surface area contributed by atoms with Crippen molar-refractivity contribution in [2.45, 2.75) is 46.6 Å². The van der Waals surface area contributed by atoms with Crippen LogP contribution < -0.4 is 11.2 Å². The summed E-state index contributed by atoms with van der Waals surface area (Å²) in [6.45, 7) is 6.08. The highest BCUT2D eigenvalue weighted by Crippen LogP contribution is 2.19. The van der Waals surface area contributed by atoms with E-state index in [-0.39, 0.29) is 18.1 Å². The average molecular weight is 387 g/mol. The fraction of sp³-hybridized carbons (Fsp3) is 0.400. The van der Waals surface area contributed by atoms with Gasteiger partial charge in [0.05, 0.1) is 23.6 Å². The second-order valence-corrected chi connectivity index (χ2v) is 6.14. The van der Waals surface area contributed by atoms with Gasteiger partial charge in [0.2, 0.25) is 5.88 Å². The zero-order chi connectivity index (χ0) is 20.7. The Labute approximate surface area is 162 Å². The Morgan fingerprint density at radius 1 is 1.18 bits per heavy atom. The van der Waals surface area contributed by atoms with E-state index in [2.05, 4.69) is 9.98 Å². The van der Waals surface area contributed by atoms with E-state index in [9.17, 15) is 19.5 Å². The van der Waals surface area contributed by atoms with Gasteiger partial charge in [-0.15, -0.1) is 0 Å². The van der Waals surface area contributed by atoms with Gasteiger partial charge in [-0.05, 0) is 44.0 Å². The van der Waals surface area contributed by atoms with Crippen LogP contribution in [0.2, 0.25) is 0 Å². The molecule has 1 aromatic carbocycles. The SMILES string of the molecule is CCCCn1c(O)c(C(CC)=Nc2ccc(C(=O)OCC)cc2)c(=O)[nH]c1=O. The van der Waals surface area contributed by atoms with Gasteiger partial charge in [0.15, 0.2) is 0 Å². The van der Waals surface area contributed by atoms with Gasteiger partial charge in [-0.3, -0.25) is 19.3 Å². The Morgan fingerprint density at radius 2 is 1.86 bits per heavy atom. The second-order valence-electron chi connectivity index (χ2n) is 6.14. The Morgan fingerprint density at radius 3 is 2.43 bits per heavy atom. The van der Waals surface area contributed by atoms with Crippen LogP contribution in [0.1, 0.15) is 56.0 Å². The summed E-state index contributed by atoms with van der Waals surface area (Å²) in [4.78, 5) is 42.7. The van der Waals surface area contributed by atoms with E-state index < -0.39 is 17.2 Å². The number of aliphatic imine (C=N–C) groups is 1. The number of unbranched alkanes of at least 4 members (excludes halogenated alkanes) is 1. The molecule has 0 spiro atoms. The zero-order valence-corrected chi connectivity index (χ0v) is 16.3. The van der Waals surface area contributed by atoms with Gasteiger partial charge in [-0.25, -0.2) is 9.59 Å². The first-order valence-electron chi connectivity index (χ1n) is 9.34. The predicted octanol–water partition coefficient (Wildman–Crippen LogP) is 2.75. The van der Waals surface area contributed by atoms with Crippen molar-refractivity contribution in [3.8, 4) is 5.88 Å². The summed E-state index contributed by atoms with van der Waals surface area (Å²) in [6, 6.07) is 6.41. The van der Waals surface area contributed by atoms with E-state index in [0.717, 1.165) is 11.0 Å². The number of nitrogens with one attached hydrogen (secondary N) is 1. The van der Waals surface area contributed by atoms with Crippen LogP contribution in [0.4, 0.5) is 5.69 Å². The second kappa shape index (κ2) is 9.68. The highest BCUT2D eigenvalue weighted by atomic mass is 16.5. The molecule has 0 unspecified atom stereocenters. The molecule has 2 aromatic rings. The molecule has 0 aliphatic rings. The average Bonchev–Trinajstić information content (AvgIpc) is 2.67. The minimum Gasteiger partial charge on any atom is -0.494 e. The molecular weight excluding hydrogens is 362 g/mol. The lowest BCUT2D eigenvalue weighted by atomic mass is 10.1. The highest BCUT2D eigenvalue weighted by Gasteiger charge is 2.18. The zero-order valence-electron chi connectivity index (χ0n) is 16.3. The quantitative estimate of drug-likeness (QED) is 0.534. The lowest BCUT2D eigenvalue weighted by Gasteiger charge is -2.12. The number of aromatic amines is 1. The summed E-state index contributed by atoms with van der Waals surface area (Å²) < 4.78 is 6.09. The maximum Gasteiger partial charge on any atom is 0.338 e. The number of hydrogen-bond donors (Lipinski definition) is 2. The molecule has 0 radical (unpaired) electrons. The van der Waals surface area contributed by atoms with Gasteiger partial charge in [0, 0.05) is 6.54 Å². The molecule has 0 fully saturated rings. The van der Waals surface area contributed by atoms with E-state index in [1.54, 1.807) is 38.1 Å². The number of aromatic hydroxyl groups is 1. The van der Waals surface area contributed by atoms with E-state index >= 15 is 0 Å². The van der Waals surface area contributed by atoms with Crippen LogP contribution in [-0.2, 0) is 11.3 Å². The molecule has 0 aliphatic carbocycles. The van der Waals surface area contributed by atoms with Crippen molar-refractivity contribution >= 4 is 17.4 Å². The van der Waals surface area contributed by atoms with Crippen molar-refractivity contribution in [1.82, 2.24) is 9.55 Å². The molecule has 0 atom stereocenters. The fourth-order valence-corrected chi connectivity index (χ4v) is 2.70. The maximum atomic E-state index is 12.3. The monoisotopic (exact) mass is 387 g/mol. The number of benzene rings is 1. The van der Waals surface area contributed by atoms with Crippen LogP contribution in [0, 0.1) is 0 Å². The lowest BCUT2D eigenvalue weighted by Crippen LogP contribution is -2.34. The minimum atomic E-state index is -0.681. The number of ether oxygens (including phenoxy) is 1. The van der Waals surface area contributed by atoms with Gasteiger partial charge < -0.3 is 9.84 Å². The summed E-state index contributed by atoms with van der Waals surface area (Å²) in [5.74, 6) is -0.809. The molecule has 0 amide bonds. The van der Waals surface area contributed by atoms with Gasteiger partial charge in [0.25, 0.3) is 5.56 Å². The summed E-state index contributed by atoms with van der Waals surface area (Å²) in [5.41, 5.74) is -0.101. The van der Waals surface area contributed by atoms with Crippen molar-refractivity contribution in [3.05, 3.63) is 56.2 Å². The maximum absolute atomic E-state index is 12.3. The molecule has 8 nitrogen and oxygen atoms in total. The van der Waals surface area contributed by atoms with Crippen molar-refractivity contribution < 1.29 is 14.6 Å². The predicted molar refractivity (Wildman–Crippen MR) is 107 cm³/mol. The van der Waals surface area contributed by atoms with E-state index in [0.29, 0.717) is 36.3 Å². The molecule has 8 heteroatoms. The normalized spacial score (nSPS) is 11.5. The van der Waals surface area contributed by atoms with Gasteiger partial charge in [-0.2, -0.15) is 0 Å². The van der Waals surface area contributed by atoms with Crippen molar-refractivity contribution in [2.75, 3.05) is 6.61 Å². The summed E-state index contributed by atoms with van der Waals surface area (Å²) in [7, 11) is 0. The van der Waals surface area contributed by atoms with Crippen LogP contribution in [0.5, 0.6) is 5.88 Å². The molecule has 1 heterocycles. The molecule has 0 bridgehead atoms. The van der Waals surface area contributed by atoms with Crippen LogP contribution in [-0.4, -0.2) is 32.9 Å². The van der Waals surface area contributed by atoms with Crippen molar-refractivity contribution in [2.24, 2.45) is 4.99 Å². The smallest absolute Gasteiger partial charge is 0.338 e. The third-order valence-electron chi connectivity index (χ3n) is 4.17. The van der Waals surface area contributed by atoms with Crippen LogP contribution in [0.25, 0.3) is 0 Å². The number of esters is 1.